The number of H-pyrrole nitrogens is 1. The Bertz CT molecular complexity index is 450. The normalized spacial score (nSPS) is 12.8. The minimum Gasteiger partial charge on any atom is -0.347 e. The van der Waals surface area contributed by atoms with Crippen LogP contribution in [0.15, 0.2) is 6.33 Å². The van der Waals surface area contributed by atoms with E-state index in [0.29, 0.717) is 12.1 Å². The topological polar surface area (TPSA) is 81.6 Å². The van der Waals surface area contributed by atoms with Gasteiger partial charge in [0.25, 0.3) is 5.91 Å². The molecule has 1 unspecified atom stereocenters. The summed E-state index contributed by atoms with van der Waals surface area (Å²) in [6, 6.07) is 1.95. The Balaban J connectivity index is 2.86. The van der Waals surface area contributed by atoms with E-state index >= 15 is 0 Å². The zero-order valence-corrected chi connectivity index (χ0v) is 11.4. The molecule has 0 radical (unpaired) electrons. The number of rotatable bonds is 4. The van der Waals surface area contributed by atoms with Crippen LogP contribution in [0, 0.1) is 11.3 Å². The van der Waals surface area contributed by atoms with Crippen LogP contribution in [-0.2, 0) is 5.41 Å². The first kappa shape index (κ1) is 14.2. The summed E-state index contributed by atoms with van der Waals surface area (Å²) >= 11 is 0. The van der Waals surface area contributed by atoms with Gasteiger partial charge in [0.1, 0.15) is 5.69 Å². The average molecular weight is 248 g/mol. The van der Waals surface area contributed by atoms with E-state index in [0.717, 1.165) is 12.1 Å². The van der Waals surface area contributed by atoms with Gasteiger partial charge in [0.05, 0.1) is 24.5 Å². The van der Waals surface area contributed by atoms with Gasteiger partial charge in [0.15, 0.2) is 0 Å². The number of aromatic nitrogens is 2. The number of aromatic amines is 1. The van der Waals surface area contributed by atoms with E-state index in [1.807, 2.05) is 27.7 Å². The van der Waals surface area contributed by atoms with Gasteiger partial charge < -0.3 is 10.3 Å². The summed E-state index contributed by atoms with van der Waals surface area (Å²) in [6.07, 6.45) is 2.58. The van der Waals surface area contributed by atoms with Crippen molar-refractivity contribution in [3.05, 3.63) is 17.7 Å². The molecule has 1 amide bonds. The van der Waals surface area contributed by atoms with Crippen molar-refractivity contribution in [1.82, 2.24) is 15.3 Å². The number of imidazole rings is 1. The molecule has 0 saturated heterocycles. The molecule has 0 aliphatic heterocycles. The van der Waals surface area contributed by atoms with Gasteiger partial charge in [0.2, 0.25) is 0 Å². The molecule has 5 heteroatoms. The van der Waals surface area contributed by atoms with E-state index in [2.05, 4.69) is 21.4 Å². The maximum atomic E-state index is 12.1. The predicted octanol–water partition coefficient (Wildman–Crippen LogP) is 2.13. The number of hydrogen-bond donors (Lipinski definition) is 2. The first-order valence-corrected chi connectivity index (χ1v) is 6.11. The maximum Gasteiger partial charge on any atom is 0.272 e. The molecule has 1 rings (SSSR count). The highest BCUT2D eigenvalue weighted by atomic mass is 16.2. The number of nitrogens with zero attached hydrogens (tertiary/aromatic N) is 2. The van der Waals surface area contributed by atoms with Gasteiger partial charge in [-0.1, -0.05) is 27.7 Å². The number of amides is 1. The number of nitriles is 1. The van der Waals surface area contributed by atoms with E-state index in [9.17, 15) is 4.79 Å². The molecule has 0 aromatic carbocycles. The van der Waals surface area contributed by atoms with Crippen molar-refractivity contribution in [1.29, 1.82) is 5.26 Å². The van der Waals surface area contributed by atoms with Gasteiger partial charge in [-0.15, -0.1) is 0 Å². The Labute approximate surface area is 108 Å². The van der Waals surface area contributed by atoms with Crippen LogP contribution in [0.25, 0.3) is 0 Å². The molecular weight excluding hydrogens is 228 g/mol. The van der Waals surface area contributed by atoms with Crippen LogP contribution >= 0.6 is 0 Å². The molecular formula is C13H20N4O. The molecule has 5 nitrogen and oxygen atoms in total. The fraction of sp³-hybridized carbons (Fsp3) is 0.615. The zero-order valence-electron chi connectivity index (χ0n) is 11.4. The highest BCUT2D eigenvalue weighted by Gasteiger charge is 2.25. The van der Waals surface area contributed by atoms with E-state index < -0.39 is 0 Å². The molecule has 0 aliphatic carbocycles. The molecule has 18 heavy (non-hydrogen) atoms. The standard InChI is InChI=1S/C13H20N4O/c1-5-9(6-7-14)17-12(18)10-11(13(2,3)4)16-8-15-10/h8-9H,5-6H2,1-4H3,(H,15,16)(H,17,18). The first-order chi connectivity index (χ1) is 8.40. The lowest BCUT2D eigenvalue weighted by Crippen LogP contribution is -2.35. The zero-order chi connectivity index (χ0) is 13.8. The van der Waals surface area contributed by atoms with Crippen LogP contribution in [0.3, 0.4) is 0 Å². The fourth-order valence-corrected chi connectivity index (χ4v) is 1.70. The summed E-state index contributed by atoms with van der Waals surface area (Å²) in [5.41, 5.74) is 1.06. The molecule has 0 fully saturated rings. The minimum absolute atomic E-state index is 0.119. The second kappa shape index (κ2) is 5.67. The third-order valence-electron chi connectivity index (χ3n) is 2.77. The predicted molar refractivity (Wildman–Crippen MR) is 69.1 cm³/mol. The van der Waals surface area contributed by atoms with Crippen molar-refractivity contribution in [2.24, 2.45) is 0 Å². The molecule has 2 N–H and O–H groups in total. The van der Waals surface area contributed by atoms with Crippen LogP contribution < -0.4 is 5.32 Å². The number of hydrogen-bond acceptors (Lipinski definition) is 3. The third-order valence-corrected chi connectivity index (χ3v) is 2.77. The molecule has 1 aromatic heterocycles. The quantitative estimate of drug-likeness (QED) is 0.856. The van der Waals surface area contributed by atoms with Gasteiger partial charge in [-0.3, -0.25) is 4.79 Å². The Morgan fingerprint density at radius 1 is 1.61 bits per heavy atom. The Hall–Kier alpha value is -1.83. The average Bonchev–Trinajstić information content (AvgIpc) is 2.76. The van der Waals surface area contributed by atoms with Crippen molar-refractivity contribution in [2.75, 3.05) is 0 Å². The Kier molecular flexibility index (Phi) is 4.49. The van der Waals surface area contributed by atoms with Crippen molar-refractivity contribution < 1.29 is 4.79 Å². The van der Waals surface area contributed by atoms with Crippen molar-refractivity contribution in [3.8, 4) is 6.07 Å². The molecule has 98 valence electrons. The second-order valence-electron chi connectivity index (χ2n) is 5.32. The van der Waals surface area contributed by atoms with Crippen molar-refractivity contribution in [2.45, 2.75) is 52.0 Å². The van der Waals surface area contributed by atoms with Gasteiger partial charge in [0, 0.05) is 11.5 Å². The monoisotopic (exact) mass is 248 g/mol. The number of nitrogens with one attached hydrogen (secondary N) is 2. The largest absolute Gasteiger partial charge is 0.347 e. The smallest absolute Gasteiger partial charge is 0.272 e. The summed E-state index contributed by atoms with van der Waals surface area (Å²) in [6.45, 7) is 8.00. The third kappa shape index (κ3) is 3.33. The van der Waals surface area contributed by atoms with E-state index in [1.54, 1.807) is 0 Å². The molecule has 1 atom stereocenters. The van der Waals surface area contributed by atoms with Crippen LogP contribution in [0.1, 0.15) is 56.7 Å². The van der Waals surface area contributed by atoms with Gasteiger partial charge in [-0.25, -0.2) is 4.98 Å². The lowest BCUT2D eigenvalue weighted by Gasteiger charge is -2.19. The lowest BCUT2D eigenvalue weighted by atomic mass is 9.90. The lowest BCUT2D eigenvalue weighted by molar-refractivity contribution is 0.0929. The molecule has 0 saturated carbocycles. The number of carbonyl (C=O) groups excluding carboxylic acids is 1. The highest BCUT2D eigenvalue weighted by molar-refractivity contribution is 5.93. The molecule has 1 heterocycles. The van der Waals surface area contributed by atoms with E-state index in [4.69, 9.17) is 5.26 Å². The summed E-state index contributed by atoms with van der Waals surface area (Å²) in [5, 5.41) is 11.5. The van der Waals surface area contributed by atoms with Crippen LogP contribution in [0.2, 0.25) is 0 Å². The van der Waals surface area contributed by atoms with E-state index in [1.165, 1.54) is 6.33 Å². The van der Waals surface area contributed by atoms with Crippen molar-refractivity contribution >= 4 is 5.91 Å². The summed E-state index contributed by atoms with van der Waals surface area (Å²) in [5.74, 6) is -0.219. The van der Waals surface area contributed by atoms with Gasteiger partial charge in [-0.2, -0.15) is 5.26 Å². The first-order valence-electron chi connectivity index (χ1n) is 6.11. The Morgan fingerprint density at radius 2 is 2.28 bits per heavy atom. The maximum absolute atomic E-state index is 12.1. The molecule has 0 spiro atoms. The highest BCUT2D eigenvalue weighted by Crippen LogP contribution is 2.22. The molecule has 1 aromatic rings. The molecule has 0 bridgehead atoms. The number of carbonyl (C=O) groups is 1. The summed E-state index contributed by atoms with van der Waals surface area (Å²) in [7, 11) is 0. The van der Waals surface area contributed by atoms with Gasteiger partial charge >= 0.3 is 0 Å². The van der Waals surface area contributed by atoms with Crippen LogP contribution in [0.4, 0.5) is 0 Å². The summed E-state index contributed by atoms with van der Waals surface area (Å²) < 4.78 is 0. The van der Waals surface area contributed by atoms with Gasteiger partial charge in [-0.05, 0) is 6.42 Å². The van der Waals surface area contributed by atoms with Crippen LogP contribution in [-0.4, -0.2) is 21.9 Å². The molecule has 0 aliphatic rings. The fourth-order valence-electron chi connectivity index (χ4n) is 1.70. The minimum atomic E-state index is -0.219. The Morgan fingerprint density at radius 3 is 2.78 bits per heavy atom. The summed E-state index contributed by atoms with van der Waals surface area (Å²) in [4.78, 5) is 19.2. The SMILES string of the molecule is CCC(CC#N)NC(=O)c1nc[nH]c1C(C)(C)C. The van der Waals surface area contributed by atoms with Crippen LogP contribution in [0.5, 0.6) is 0 Å². The van der Waals surface area contributed by atoms with E-state index in [-0.39, 0.29) is 17.4 Å². The van der Waals surface area contributed by atoms with Crippen molar-refractivity contribution in [3.63, 3.8) is 0 Å². The second-order valence-corrected chi connectivity index (χ2v) is 5.32.